The molecule has 0 aliphatic carbocycles. The maximum atomic E-state index is 13.5. The minimum atomic E-state index is -4.34. The Balaban J connectivity index is 0.00000211. The number of imidazole rings is 1. The number of fused-ring (bicyclic) bond motifs is 1. The van der Waals surface area contributed by atoms with Gasteiger partial charge in [-0.15, -0.1) is 0 Å². The lowest BCUT2D eigenvalue weighted by atomic mass is 10.0. The second kappa shape index (κ2) is 14.9. The smallest absolute Gasteiger partial charge is 0.368 e. The molecule has 0 unspecified atom stereocenters. The Bertz CT molecular complexity index is 1350. The lowest BCUT2D eigenvalue weighted by Gasteiger charge is -2.31. The highest BCUT2D eigenvalue weighted by atomic mass is 19.4. The minimum Gasteiger partial charge on any atom is -0.368 e. The first kappa shape index (κ1) is 32.7. The van der Waals surface area contributed by atoms with Gasteiger partial charge in [0, 0.05) is 40.0 Å². The molecule has 0 radical (unpaired) electrons. The molecule has 7 nitrogen and oxygen atoms in total. The van der Waals surface area contributed by atoms with E-state index in [4.69, 9.17) is 0 Å². The van der Waals surface area contributed by atoms with Crippen molar-refractivity contribution in [2.24, 2.45) is 7.05 Å². The number of alkyl halides is 3. The highest BCUT2D eigenvalue weighted by Crippen LogP contribution is 2.35. The van der Waals surface area contributed by atoms with Gasteiger partial charge in [0.15, 0.2) is 0 Å². The fourth-order valence-corrected chi connectivity index (χ4v) is 5.37. The topological polar surface area (TPSA) is 79.3 Å². The Morgan fingerprint density at radius 2 is 1.76 bits per heavy atom. The molecule has 1 aromatic heterocycles. The average molecular weight is 588 g/mol. The van der Waals surface area contributed by atoms with E-state index in [9.17, 15) is 22.8 Å². The zero-order valence-corrected chi connectivity index (χ0v) is 24.9. The largest absolute Gasteiger partial charge is 0.389 e. The Morgan fingerprint density at radius 3 is 2.43 bits per heavy atom. The third-order valence-electron chi connectivity index (χ3n) is 7.37. The molecule has 1 aliphatic rings. The summed E-state index contributed by atoms with van der Waals surface area (Å²) in [4.78, 5) is 33.0. The number of benzene rings is 2. The molecule has 2 aromatic carbocycles. The molecule has 3 atom stereocenters. The number of carbonyl (C=O) groups excluding carboxylic acids is 2. The van der Waals surface area contributed by atoms with Crippen LogP contribution < -0.4 is 10.6 Å². The number of aryl methyl sites for hydroxylation is 1. The molecule has 3 aromatic rings. The van der Waals surface area contributed by atoms with Crippen LogP contribution in [0.25, 0.3) is 11.0 Å². The van der Waals surface area contributed by atoms with Crippen LogP contribution in [0.3, 0.4) is 0 Å². The molecule has 1 fully saturated rings. The summed E-state index contributed by atoms with van der Waals surface area (Å²) in [5, 5.41) is 5.62. The number of amides is 2. The first-order valence-corrected chi connectivity index (χ1v) is 14.6. The Morgan fingerprint density at radius 1 is 1.10 bits per heavy atom. The predicted octanol–water partition coefficient (Wildman–Crippen LogP) is 6.98. The van der Waals surface area contributed by atoms with Gasteiger partial charge in [0.1, 0.15) is 11.9 Å². The molecule has 4 rings (SSSR count). The van der Waals surface area contributed by atoms with Crippen LogP contribution in [0.4, 0.5) is 13.2 Å². The van der Waals surface area contributed by atoms with Crippen molar-refractivity contribution in [2.45, 2.75) is 83.6 Å². The molecular formula is C32H44F3N5O2. The number of nitrogens with one attached hydrogen (secondary N) is 2. The standard InChI is InChI=1S/C30H36F3N5O2.C2H6.H2/c1-20(38-18-10-15-25(38)22-11-5-4-6-12-22)19-24(35-27(39)16-9-17-30(31,32)33)29(40)34-21(2)28-36-23-13-7-8-14-26(23)37(28)3;1-2;/h4-8,11-14,21,24-25H,1,9-10,15-19H2,2-3H3,(H,34,40)(H,35,39);1-2H3;1H/t21-,24-,25+;;/m0../s1. The fourth-order valence-electron chi connectivity index (χ4n) is 5.37. The SMILES string of the molecule is C=C(C[C@H](NC(=O)CCCC(F)(F)F)C(=O)N[C@@H](C)c1nc2ccccc2n1C)N1CCC[C@@H]1c1ccccc1.CC.[HH]. The number of hydrogen-bond acceptors (Lipinski definition) is 4. The number of rotatable bonds is 11. The number of nitrogens with zero attached hydrogens (tertiary/aromatic N) is 3. The number of likely N-dealkylation sites (tertiary alicyclic amines) is 1. The van der Waals surface area contributed by atoms with Crippen molar-refractivity contribution >= 4 is 22.8 Å². The Kier molecular flexibility index (Phi) is 11.6. The summed E-state index contributed by atoms with van der Waals surface area (Å²) in [5.41, 5.74) is 3.55. The number of halogens is 3. The maximum Gasteiger partial charge on any atom is 0.389 e. The lowest BCUT2D eigenvalue weighted by Crippen LogP contribution is -2.48. The maximum absolute atomic E-state index is 13.5. The molecule has 1 saturated heterocycles. The fraction of sp³-hybridized carbons (Fsp3) is 0.469. The van der Waals surface area contributed by atoms with Gasteiger partial charge in [-0.1, -0.05) is 62.9 Å². The number of aromatic nitrogens is 2. The van der Waals surface area contributed by atoms with Crippen LogP contribution in [-0.4, -0.2) is 45.0 Å². The van der Waals surface area contributed by atoms with E-state index in [2.05, 4.69) is 39.2 Å². The van der Waals surface area contributed by atoms with E-state index in [0.717, 1.165) is 36.0 Å². The summed E-state index contributed by atoms with van der Waals surface area (Å²) in [6, 6.07) is 16.3. The van der Waals surface area contributed by atoms with E-state index >= 15 is 0 Å². The molecule has 2 heterocycles. The third-order valence-corrected chi connectivity index (χ3v) is 7.37. The molecule has 0 bridgehead atoms. The summed E-state index contributed by atoms with van der Waals surface area (Å²) >= 11 is 0. The van der Waals surface area contributed by atoms with Crippen molar-refractivity contribution < 1.29 is 24.2 Å². The summed E-state index contributed by atoms with van der Waals surface area (Å²) in [6.45, 7) is 10.8. The van der Waals surface area contributed by atoms with E-state index in [0.29, 0.717) is 11.5 Å². The zero-order chi connectivity index (χ0) is 30.9. The molecule has 0 saturated carbocycles. The van der Waals surface area contributed by atoms with E-state index < -0.39 is 36.5 Å². The van der Waals surface area contributed by atoms with Crippen LogP contribution in [0.5, 0.6) is 0 Å². The third kappa shape index (κ3) is 8.59. The van der Waals surface area contributed by atoms with Gasteiger partial charge in [-0.2, -0.15) is 13.2 Å². The molecule has 2 N–H and O–H groups in total. The number of para-hydroxylation sites is 2. The normalized spacial score (nSPS) is 16.4. The van der Waals surface area contributed by atoms with Gasteiger partial charge in [-0.3, -0.25) is 9.59 Å². The average Bonchev–Trinajstić information content (AvgIpc) is 3.59. The van der Waals surface area contributed by atoms with Crippen LogP contribution >= 0.6 is 0 Å². The molecule has 2 amide bonds. The van der Waals surface area contributed by atoms with E-state index in [-0.39, 0.29) is 26.7 Å². The van der Waals surface area contributed by atoms with Crippen LogP contribution in [0.1, 0.15) is 84.2 Å². The summed E-state index contributed by atoms with van der Waals surface area (Å²) in [5.74, 6) is -0.402. The molecule has 42 heavy (non-hydrogen) atoms. The van der Waals surface area contributed by atoms with Crippen molar-refractivity contribution in [2.75, 3.05) is 6.54 Å². The van der Waals surface area contributed by atoms with Crippen molar-refractivity contribution in [1.29, 1.82) is 0 Å². The van der Waals surface area contributed by atoms with Crippen LogP contribution in [0.2, 0.25) is 0 Å². The molecule has 1 aliphatic heterocycles. The molecule has 0 spiro atoms. The number of carbonyl (C=O) groups is 2. The lowest BCUT2D eigenvalue weighted by molar-refractivity contribution is -0.138. The monoisotopic (exact) mass is 587 g/mol. The summed E-state index contributed by atoms with van der Waals surface area (Å²) in [6.07, 6.45) is -4.03. The second-order valence-electron chi connectivity index (χ2n) is 10.4. The Hall–Kier alpha value is -3.82. The quantitative estimate of drug-likeness (QED) is 0.254. The molecule has 10 heteroatoms. The van der Waals surface area contributed by atoms with Crippen LogP contribution in [-0.2, 0) is 16.6 Å². The van der Waals surface area contributed by atoms with Gasteiger partial charge >= 0.3 is 6.18 Å². The van der Waals surface area contributed by atoms with Crippen molar-refractivity contribution in [3.05, 3.63) is 78.3 Å². The van der Waals surface area contributed by atoms with Crippen molar-refractivity contribution in [3.63, 3.8) is 0 Å². The van der Waals surface area contributed by atoms with Crippen LogP contribution in [0.15, 0.2) is 66.9 Å². The first-order chi connectivity index (χ1) is 20.0. The van der Waals surface area contributed by atoms with Gasteiger partial charge < -0.3 is 20.1 Å². The van der Waals surface area contributed by atoms with Gasteiger partial charge in [-0.05, 0) is 43.9 Å². The van der Waals surface area contributed by atoms with E-state index in [1.54, 1.807) is 0 Å². The predicted molar refractivity (Wildman–Crippen MR) is 161 cm³/mol. The highest BCUT2D eigenvalue weighted by Gasteiger charge is 2.32. The van der Waals surface area contributed by atoms with E-state index in [1.165, 1.54) is 0 Å². The Labute approximate surface area is 247 Å². The zero-order valence-electron chi connectivity index (χ0n) is 24.9. The summed E-state index contributed by atoms with van der Waals surface area (Å²) < 4.78 is 39.7. The van der Waals surface area contributed by atoms with Crippen molar-refractivity contribution in [3.8, 4) is 0 Å². The van der Waals surface area contributed by atoms with Gasteiger partial charge in [0.25, 0.3) is 0 Å². The van der Waals surface area contributed by atoms with E-state index in [1.807, 2.05) is 74.9 Å². The van der Waals surface area contributed by atoms with Gasteiger partial charge in [0.2, 0.25) is 11.8 Å². The molecule has 230 valence electrons. The van der Waals surface area contributed by atoms with Gasteiger partial charge in [0.05, 0.1) is 23.1 Å². The summed E-state index contributed by atoms with van der Waals surface area (Å²) in [7, 11) is 1.87. The highest BCUT2D eigenvalue weighted by molar-refractivity contribution is 5.88. The first-order valence-electron chi connectivity index (χ1n) is 14.6. The van der Waals surface area contributed by atoms with Crippen LogP contribution in [0, 0.1) is 0 Å². The van der Waals surface area contributed by atoms with Crippen molar-refractivity contribution in [1.82, 2.24) is 25.1 Å². The second-order valence-corrected chi connectivity index (χ2v) is 10.4. The minimum absolute atomic E-state index is 0. The number of hydrogen-bond donors (Lipinski definition) is 2. The van der Waals surface area contributed by atoms with Gasteiger partial charge in [-0.25, -0.2) is 4.98 Å². The molecular weight excluding hydrogens is 543 g/mol.